The summed E-state index contributed by atoms with van der Waals surface area (Å²) in [5.41, 5.74) is 11.4. The number of halogens is 1. The molecule has 12 heavy (non-hydrogen) atoms. The van der Waals surface area contributed by atoms with Crippen molar-refractivity contribution in [1.29, 1.82) is 0 Å². The van der Waals surface area contributed by atoms with Gasteiger partial charge < -0.3 is 16.2 Å². The largest absolute Gasteiger partial charge is 0.490 e. The molecule has 0 aliphatic heterocycles. The fraction of sp³-hybridized carbons (Fsp3) is 0.250. The van der Waals surface area contributed by atoms with Crippen molar-refractivity contribution in [3.05, 3.63) is 23.2 Å². The fourth-order valence-electron chi connectivity index (χ4n) is 0.802. The molecule has 0 aliphatic carbocycles. The molecule has 0 unspecified atom stereocenters. The van der Waals surface area contributed by atoms with Gasteiger partial charge in [0.05, 0.1) is 5.69 Å². The summed E-state index contributed by atoms with van der Waals surface area (Å²) < 4.78 is 5.23. The maximum absolute atomic E-state index is 5.73. The molecule has 4 N–H and O–H groups in total. The molecule has 0 radical (unpaired) electrons. The molecule has 0 heterocycles. The van der Waals surface area contributed by atoms with Crippen molar-refractivity contribution in [2.45, 2.75) is 0 Å². The molecule has 1 aromatic carbocycles. The molecular formula is C8H11ClN2O. The van der Waals surface area contributed by atoms with Gasteiger partial charge in [0.15, 0.2) is 0 Å². The van der Waals surface area contributed by atoms with Crippen molar-refractivity contribution in [2.75, 3.05) is 18.9 Å². The van der Waals surface area contributed by atoms with Crippen LogP contribution in [0.3, 0.4) is 0 Å². The number of rotatable bonds is 3. The minimum Gasteiger partial charge on any atom is -0.490 e. The zero-order chi connectivity index (χ0) is 8.97. The lowest BCUT2D eigenvalue weighted by Crippen LogP contribution is -2.11. The van der Waals surface area contributed by atoms with E-state index in [0.29, 0.717) is 29.6 Å². The van der Waals surface area contributed by atoms with Gasteiger partial charge in [0, 0.05) is 17.6 Å². The van der Waals surface area contributed by atoms with Crippen LogP contribution in [0.15, 0.2) is 18.2 Å². The molecule has 0 atom stereocenters. The van der Waals surface area contributed by atoms with Crippen LogP contribution < -0.4 is 16.2 Å². The Morgan fingerprint density at radius 1 is 1.42 bits per heavy atom. The van der Waals surface area contributed by atoms with E-state index >= 15 is 0 Å². The normalized spacial score (nSPS) is 9.83. The van der Waals surface area contributed by atoms with Crippen molar-refractivity contribution in [3.8, 4) is 5.75 Å². The van der Waals surface area contributed by atoms with Crippen LogP contribution in [0.5, 0.6) is 5.75 Å². The Kier molecular flexibility index (Phi) is 3.19. The number of hydrogen-bond donors (Lipinski definition) is 2. The van der Waals surface area contributed by atoms with Crippen molar-refractivity contribution in [2.24, 2.45) is 5.73 Å². The maximum atomic E-state index is 5.73. The Labute approximate surface area is 76.3 Å². The van der Waals surface area contributed by atoms with Crippen LogP contribution in [-0.2, 0) is 0 Å². The highest BCUT2D eigenvalue weighted by Crippen LogP contribution is 2.24. The first kappa shape index (κ1) is 9.16. The number of ether oxygens (including phenoxy) is 1. The summed E-state index contributed by atoms with van der Waals surface area (Å²) in [7, 11) is 0. The summed E-state index contributed by atoms with van der Waals surface area (Å²) in [4.78, 5) is 0. The molecule has 1 rings (SSSR count). The van der Waals surface area contributed by atoms with Gasteiger partial charge in [-0.1, -0.05) is 11.6 Å². The first-order chi connectivity index (χ1) is 5.74. The monoisotopic (exact) mass is 186 g/mol. The SMILES string of the molecule is NCCOc1cc(Cl)ccc1N. The van der Waals surface area contributed by atoms with Crippen LogP contribution in [0.1, 0.15) is 0 Å². The molecule has 0 saturated heterocycles. The highest BCUT2D eigenvalue weighted by atomic mass is 35.5. The molecule has 0 bridgehead atoms. The molecule has 4 heteroatoms. The van der Waals surface area contributed by atoms with Crippen LogP contribution in [0.2, 0.25) is 5.02 Å². The zero-order valence-corrected chi connectivity index (χ0v) is 7.34. The van der Waals surface area contributed by atoms with E-state index in [9.17, 15) is 0 Å². The molecule has 0 spiro atoms. The lowest BCUT2D eigenvalue weighted by atomic mass is 10.3. The van der Waals surface area contributed by atoms with Gasteiger partial charge in [0.1, 0.15) is 12.4 Å². The molecule has 1 aromatic rings. The second kappa shape index (κ2) is 4.18. The van der Waals surface area contributed by atoms with Gasteiger partial charge in [-0.25, -0.2) is 0 Å². The van der Waals surface area contributed by atoms with E-state index in [2.05, 4.69) is 0 Å². The average Bonchev–Trinajstić information content (AvgIpc) is 2.07. The standard InChI is InChI=1S/C8H11ClN2O/c9-6-1-2-7(11)8(5-6)12-4-3-10/h1-2,5H,3-4,10-11H2. The fourth-order valence-corrected chi connectivity index (χ4v) is 0.964. The van der Waals surface area contributed by atoms with Gasteiger partial charge in [0.25, 0.3) is 0 Å². The predicted molar refractivity (Wildman–Crippen MR) is 50.4 cm³/mol. The lowest BCUT2D eigenvalue weighted by Gasteiger charge is -2.07. The van der Waals surface area contributed by atoms with Gasteiger partial charge in [0.2, 0.25) is 0 Å². The van der Waals surface area contributed by atoms with Crippen molar-refractivity contribution in [3.63, 3.8) is 0 Å². The second-order valence-corrected chi connectivity index (χ2v) is 2.76. The zero-order valence-electron chi connectivity index (χ0n) is 6.59. The van der Waals surface area contributed by atoms with Crippen LogP contribution >= 0.6 is 11.6 Å². The van der Waals surface area contributed by atoms with Gasteiger partial charge in [-0.05, 0) is 12.1 Å². The molecule has 3 nitrogen and oxygen atoms in total. The first-order valence-corrected chi connectivity index (χ1v) is 3.99. The van der Waals surface area contributed by atoms with E-state index < -0.39 is 0 Å². The molecule has 66 valence electrons. The van der Waals surface area contributed by atoms with E-state index in [4.69, 9.17) is 27.8 Å². The Morgan fingerprint density at radius 2 is 2.17 bits per heavy atom. The topological polar surface area (TPSA) is 61.3 Å². The minimum atomic E-state index is 0.449. The molecule has 0 saturated carbocycles. The molecule has 0 fully saturated rings. The predicted octanol–water partition coefficient (Wildman–Crippen LogP) is 1.26. The van der Waals surface area contributed by atoms with Crippen molar-refractivity contribution in [1.82, 2.24) is 0 Å². The van der Waals surface area contributed by atoms with Crippen molar-refractivity contribution >= 4 is 17.3 Å². The Morgan fingerprint density at radius 3 is 2.83 bits per heavy atom. The summed E-state index contributed by atoms with van der Waals surface area (Å²) in [5, 5.41) is 0.608. The summed E-state index contributed by atoms with van der Waals surface area (Å²) in [6.07, 6.45) is 0. The smallest absolute Gasteiger partial charge is 0.143 e. The van der Waals surface area contributed by atoms with E-state index in [1.807, 2.05) is 0 Å². The van der Waals surface area contributed by atoms with E-state index in [0.717, 1.165) is 0 Å². The summed E-state index contributed by atoms with van der Waals surface area (Å²) in [5.74, 6) is 0.591. The Balaban J connectivity index is 2.75. The number of nitrogen functional groups attached to an aromatic ring is 1. The van der Waals surface area contributed by atoms with Gasteiger partial charge in [-0.3, -0.25) is 0 Å². The average molecular weight is 187 g/mol. The third-order valence-corrected chi connectivity index (χ3v) is 1.59. The van der Waals surface area contributed by atoms with Gasteiger partial charge in [-0.15, -0.1) is 0 Å². The van der Waals surface area contributed by atoms with Gasteiger partial charge >= 0.3 is 0 Å². The molecule has 0 amide bonds. The van der Waals surface area contributed by atoms with Crippen molar-refractivity contribution < 1.29 is 4.74 Å². The Hall–Kier alpha value is -0.930. The number of nitrogens with two attached hydrogens (primary N) is 2. The summed E-state index contributed by atoms with van der Waals surface area (Å²) >= 11 is 5.73. The minimum absolute atomic E-state index is 0.449. The Bertz CT molecular complexity index is 265. The van der Waals surface area contributed by atoms with Crippen LogP contribution in [0.4, 0.5) is 5.69 Å². The molecule has 0 aliphatic rings. The number of benzene rings is 1. The van der Waals surface area contributed by atoms with Crippen LogP contribution in [0.25, 0.3) is 0 Å². The molecular weight excluding hydrogens is 176 g/mol. The van der Waals surface area contributed by atoms with Crippen LogP contribution in [-0.4, -0.2) is 13.2 Å². The maximum Gasteiger partial charge on any atom is 0.143 e. The molecule has 0 aromatic heterocycles. The summed E-state index contributed by atoms with van der Waals surface area (Å²) in [6.45, 7) is 0.913. The third kappa shape index (κ3) is 2.29. The van der Waals surface area contributed by atoms with Gasteiger partial charge in [-0.2, -0.15) is 0 Å². The van der Waals surface area contributed by atoms with E-state index in [1.165, 1.54) is 0 Å². The number of hydrogen-bond acceptors (Lipinski definition) is 3. The van der Waals surface area contributed by atoms with E-state index in [-0.39, 0.29) is 0 Å². The second-order valence-electron chi connectivity index (χ2n) is 2.32. The first-order valence-electron chi connectivity index (χ1n) is 3.62. The highest BCUT2D eigenvalue weighted by molar-refractivity contribution is 6.30. The summed E-state index contributed by atoms with van der Waals surface area (Å²) in [6, 6.07) is 5.09. The lowest BCUT2D eigenvalue weighted by molar-refractivity contribution is 0.330. The van der Waals surface area contributed by atoms with E-state index in [1.54, 1.807) is 18.2 Å². The number of anilines is 1. The quantitative estimate of drug-likeness (QED) is 0.699. The third-order valence-electron chi connectivity index (χ3n) is 1.35. The van der Waals surface area contributed by atoms with Crippen LogP contribution in [0, 0.1) is 0 Å². The highest BCUT2D eigenvalue weighted by Gasteiger charge is 1.99.